The van der Waals surface area contributed by atoms with Crippen LogP contribution in [0.3, 0.4) is 0 Å². The molecule has 1 aromatic carbocycles. The van der Waals surface area contributed by atoms with Gasteiger partial charge in [0.15, 0.2) is 0 Å². The van der Waals surface area contributed by atoms with Crippen LogP contribution in [0.4, 0.5) is 0 Å². The number of nitrogens with zero attached hydrogens (tertiary/aromatic N) is 4. The number of carbonyl (C=O) groups excluding carboxylic acids is 1. The van der Waals surface area contributed by atoms with Gasteiger partial charge in [0.1, 0.15) is 18.2 Å². The molecule has 0 bridgehead atoms. The van der Waals surface area contributed by atoms with Gasteiger partial charge in [0.25, 0.3) is 11.5 Å². The van der Waals surface area contributed by atoms with Crippen LogP contribution in [-0.2, 0) is 6.54 Å². The van der Waals surface area contributed by atoms with Gasteiger partial charge in [-0.25, -0.2) is 0 Å². The monoisotopic (exact) mass is 365 g/mol. The Morgan fingerprint density at radius 1 is 1.15 bits per heavy atom. The van der Waals surface area contributed by atoms with E-state index in [1.54, 1.807) is 30.3 Å². The van der Waals surface area contributed by atoms with Crippen molar-refractivity contribution in [3.8, 4) is 0 Å². The summed E-state index contributed by atoms with van der Waals surface area (Å²) >= 11 is 0. The number of carbonyl (C=O) groups is 1. The van der Waals surface area contributed by atoms with Gasteiger partial charge in [-0.05, 0) is 37.5 Å². The van der Waals surface area contributed by atoms with Gasteiger partial charge >= 0.3 is 0 Å². The summed E-state index contributed by atoms with van der Waals surface area (Å²) in [6.45, 7) is 4.91. The van der Waals surface area contributed by atoms with Gasteiger partial charge in [0, 0.05) is 19.3 Å². The van der Waals surface area contributed by atoms with Crippen LogP contribution < -0.4 is 10.9 Å². The molecule has 0 fully saturated rings. The Hall–Kier alpha value is -3.22. The molecule has 3 rings (SSSR count). The highest BCUT2D eigenvalue weighted by Crippen LogP contribution is 2.16. The summed E-state index contributed by atoms with van der Waals surface area (Å²) in [6, 6.07) is 11.4. The van der Waals surface area contributed by atoms with Gasteiger partial charge in [-0.15, -0.1) is 10.2 Å². The smallest absolute Gasteiger partial charge is 0.264 e. The Labute approximate surface area is 157 Å². The number of aryl methyl sites for hydroxylation is 2. The van der Waals surface area contributed by atoms with Crippen molar-refractivity contribution < 1.29 is 4.79 Å². The van der Waals surface area contributed by atoms with E-state index in [2.05, 4.69) is 15.5 Å². The van der Waals surface area contributed by atoms with E-state index in [1.807, 2.05) is 47.9 Å². The fourth-order valence-corrected chi connectivity index (χ4v) is 3.00. The zero-order chi connectivity index (χ0) is 19.2. The van der Waals surface area contributed by atoms with Gasteiger partial charge < -0.3 is 14.5 Å². The predicted octanol–water partition coefficient (Wildman–Crippen LogP) is 2.18. The highest BCUT2D eigenvalue weighted by Gasteiger charge is 2.18. The maximum absolute atomic E-state index is 12.9. The lowest BCUT2D eigenvalue weighted by molar-refractivity contribution is 0.0950. The molecule has 0 saturated heterocycles. The third-order valence-electron chi connectivity index (χ3n) is 4.60. The maximum atomic E-state index is 12.9. The summed E-state index contributed by atoms with van der Waals surface area (Å²) in [7, 11) is 0. The molecule has 7 nitrogen and oxygen atoms in total. The van der Waals surface area contributed by atoms with Crippen LogP contribution in [0.2, 0.25) is 0 Å². The summed E-state index contributed by atoms with van der Waals surface area (Å²) in [6.07, 6.45) is 5.74. The van der Waals surface area contributed by atoms with Crippen molar-refractivity contribution in [2.45, 2.75) is 32.9 Å². The second-order valence-corrected chi connectivity index (χ2v) is 6.48. The van der Waals surface area contributed by atoms with Crippen LogP contribution in [0, 0.1) is 6.92 Å². The topological polar surface area (TPSA) is 81.8 Å². The summed E-state index contributed by atoms with van der Waals surface area (Å²) in [5, 5.41) is 10.3. The quantitative estimate of drug-likeness (QED) is 0.651. The Kier molecular flexibility index (Phi) is 5.80. The number of aromatic nitrogens is 4. The van der Waals surface area contributed by atoms with Crippen LogP contribution in [0.25, 0.3) is 0 Å². The maximum Gasteiger partial charge on any atom is 0.264 e. The van der Waals surface area contributed by atoms with Crippen molar-refractivity contribution in [3.05, 3.63) is 82.3 Å². The Morgan fingerprint density at radius 2 is 1.85 bits per heavy atom. The van der Waals surface area contributed by atoms with Gasteiger partial charge in [0.2, 0.25) is 0 Å². The lowest BCUT2D eigenvalue weighted by Gasteiger charge is -2.17. The zero-order valence-electron chi connectivity index (χ0n) is 15.5. The summed E-state index contributed by atoms with van der Waals surface area (Å²) < 4.78 is 3.45. The van der Waals surface area contributed by atoms with E-state index in [1.165, 1.54) is 0 Å². The van der Waals surface area contributed by atoms with Gasteiger partial charge in [0.05, 0.1) is 6.04 Å². The minimum Gasteiger partial charge on any atom is -0.352 e. The van der Waals surface area contributed by atoms with E-state index >= 15 is 0 Å². The first-order chi connectivity index (χ1) is 13.1. The summed E-state index contributed by atoms with van der Waals surface area (Å²) in [4.78, 5) is 25.6. The van der Waals surface area contributed by atoms with Gasteiger partial charge in [-0.1, -0.05) is 30.3 Å². The number of hydrogen-bond acceptors (Lipinski definition) is 4. The standard InChI is InChI=1S/C20H23N5O2/c1-15-9-12-25(16(2)17-7-4-3-5-8-17)20(27)18(15)19(26)21-10-6-11-24-13-22-23-14-24/h3-5,7-9,12-14,16H,6,10-11H2,1-2H3,(H,21,26). The second kappa shape index (κ2) is 8.44. The average molecular weight is 365 g/mol. The van der Waals surface area contributed by atoms with E-state index in [-0.39, 0.29) is 23.1 Å². The molecule has 0 aliphatic heterocycles. The number of nitrogens with one attached hydrogen (secondary N) is 1. The molecule has 0 spiro atoms. The molecule has 1 unspecified atom stereocenters. The number of rotatable bonds is 7. The Bertz CT molecular complexity index is 948. The average Bonchev–Trinajstić information content (AvgIpc) is 3.19. The van der Waals surface area contributed by atoms with Gasteiger partial charge in [-0.3, -0.25) is 9.59 Å². The number of hydrogen-bond donors (Lipinski definition) is 1. The predicted molar refractivity (Wildman–Crippen MR) is 103 cm³/mol. The fraction of sp³-hybridized carbons (Fsp3) is 0.300. The van der Waals surface area contributed by atoms with Crippen LogP contribution >= 0.6 is 0 Å². The molecule has 27 heavy (non-hydrogen) atoms. The first kappa shape index (κ1) is 18.6. The molecule has 0 aliphatic carbocycles. The molecule has 0 aliphatic rings. The first-order valence-corrected chi connectivity index (χ1v) is 8.95. The summed E-state index contributed by atoms with van der Waals surface area (Å²) in [5.41, 5.74) is 1.61. The van der Waals surface area contributed by atoms with Crippen molar-refractivity contribution in [2.75, 3.05) is 6.54 Å². The number of benzene rings is 1. The van der Waals surface area contributed by atoms with Crippen LogP contribution in [0.1, 0.15) is 40.9 Å². The normalized spacial score (nSPS) is 11.9. The summed E-state index contributed by atoms with van der Waals surface area (Å²) in [5.74, 6) is -0.337. The van der Waals surface area contributed by atoms with E-state index in [4.69, 9.17) is 0 Å². The fourth-order valence-electron chi connectivity index (χ4n) is 3.00. The third-order valence-corrected chi connectivity index (χ3v) is 4.60. The van der Waals surface area contributed by atoms with Crippen LogP contribution in [0.15, 0.2) is 60.0 Å². The molecule has 0 radical (unpaired) electrons. The van der Waals surface area contributed by atoms with Crippen LogP contribution in [-0.4, -0.2) is 31.8 Å². The highest BCUT2D eigenvalue weighted by molar-refractivity contribution is 5.95. The molecule has 140 valence electrons. The molecular formula is C20H23N5O2. The van der Waals surface area contributed by atoms with Crippen molar-refractivity contribution >= 4 is 5.91 Å². The lowest BCUT2D eigenvalue weighted by atomic mass is 10.1. The lowest BCUT2D eigenvalue weighted by Crippen LogP contribution is -2.35. The van der Waals surface area contributed by atoms with Crippen molar-refractivity contribution in [2.24, 2.45) is 0 Å². The molecule has 1 atom stereocenters. The van der Waals surface area contributed by atoms with Crippen molar-refractivity contribution in [3.63, 3.8) is 0 Å². The van der Waals surface area contributed by atoms with Crippen LogP contribution in [0.5, 0.6) is 0 Å². The second-order valence-electron chi connectivity index (χ2n) is 6.48. The van der Waals surface area contributed by atoms with E-state index in [0.717, 1.165) is 12.0 Å². The van der Waals surface area contributed by atoms with E-state index < -0.39 is 0 Å². The number of pyridine rings is 1. The minimum absolute atomic E-state index is 0.153. The molecule has 2 heterocycles. The Morgan fingerprint density at radius 3 is 2.56 bits per heavy atom. The Balaban J connectivity index is 1.72. The first-order valence-electron chi connectivity index (χ1n) is 8.95. The number of amides is 1. The largest absolute Gasteiger partial charge is 0.352 e. The molecule has 2 aromatic heterocycles. The highest BCUT2D eigenvalue weighted by atomic mass is 16.2. The molecule has 1 amide bonds. The molecular weight excluding hydrogens is 342 g/mol. The molecule has 1 N–H and O–H groups in total. The SMILES string of the molecule is Cc1ccn(C(C)c2ccccc2)c(=O)c1C(=O)NCCCn1cnnc1. The van der Waals surface area contributed by atoms with E-state index in [9.17, 15) is 9.59 Å². The van der Waals surface area contributed by atoms with Crippen molar-refractivity contribution in [1.82, 2.24) is 24.6 Å². The van der Waals surface area contributed by atoms with E-state index in [0.29, 0.717) is 18.7 Å². The molecule has 7 heteroatoms. The van der Waals surface area contributed by atoms with Crippen molar-refractivity contribution in [1.29, 1.82) is 0 Å². The third kappa shape index (κ3) is 4.31. The zero-order valence-corrected chi connectivity index (χ0v) is 15.5. The minimum atomic E-state index is -0.337. The molecule has 3 aromatic rings. The van der Waals surface area contributed by atoms with Gasteiger partial charge in [-0.2, -0.15) is 0 Å². The molecule has 0 saturated carbocycles.